The summed E-state index contributed by atoms with van der Waals surface area (Å²) >= 11 is 0. The van der Waals surface area contributed by atoms with E-state index in [4.69, 9.17) is 24.4 Å². The molecule has 0 rings (SSSR count). The third kappa shape index (κ3) is 20.3. The van der Waals surface area contributed by atoms with E-state index in [1.165, 1.54) is 0 Å². The molecule has 172 valence electrons. The van der Waals surface area contributed by atoms with Crippen LogP contribution in [0.3, 0.4) is 0 Å². The van der Waals surface area contributed by atoms with Crippen LogP contribution < -0.4 is 0 Å². The topological polar surface area (TPSA) is 68.2 Å². The molecule has 0 aromatic carbocycles. The maximum atomic E-state index is 8.81. The number of allylic oxidation sites excluding steroid dienone is 2. The van der Waals surface area contributed by atoms with Gasteiger partial charge in [0.05, 0.1) is 12.2 Å². The number of ether oxygens (including phenoxy) is 3. The zero-order valence-corrected chi connectivity index (χ0v) is 18.9. The minimum absolute atomic E-state index is 0.207. The van der Waals surface area contributed by atoms with Crippen molar-refractivity contribution in [3.8, 4) is 0 Å². The Labute approximate surface area is 179 Å². The van der Waals surface area contributed by atoms with Gasteiger partial charge in [0.15, 0.2) is 0 Å². The van der Waals surface area contributed by atoms with Crippen molar-refractivity contribution in [1.29, 1.82) is 0 Å². The van der Waals surface area contributed by atoms with Crippen molar-refractivity contribution < 1.29 is 24.4 Å². The maximum Gasteiger partial charge on any atom is 0.149 e. The van der Waals surface area contributed by atoms with Crippen LogP contribution in [0, 0.1) is 0 Å². The van der Waals surface area contributed by atoms with E-state index < -0.39 is 0 Å². The van der Waals surface area contributed by atoms with Crippen LogP contribution in [-0.4, -0.2) is 49.2 Å². The molecule has 0 aromatic rings. The highest BCUT2D eigenvalue weighted by Gasteiger charge is 2.10. The summed E-state index contributed by atoms with van der Waals surface area (Å²) in [6, 6.07) is 0. The fourth-order valence-corrected chi connectivity index (χ4v) is 2.99. The largest absolute Gasteiger partial charge is 0.396 e. The lowest BCUT2D eigenvalue weighted by Crippen LogP contribution is -2.19. The Bertz CT molecular complexity index is 336. The molecule has 2 unspecified atom stereocenters. The number of hydrogen-bond donors (Lipinski definition) is 2. The van der Waals surface area contributed by atoms with Gasteiger partial charge in [-0.05, 0) is 51.4 Å². The van der Waals surface area contributed by atoms with Crippen LogP contribution in [0.15, 0.2) is 24.3 Å². The first-order chi connectivity index (χ1) is 14.3. The molecule has 0 aromatic heterocycles. The van der Waals surface area contributed by atoms with Gasteiger partial charge >= 0.3 is 0 Å². The molecule has 0 spiro atoms. The smallest absolute Gasteiger partial charge is 0.149 e. The highest BCUT2D eigenvalue weighted by Crippen LogP contribution is 2.14. The fraction of sp³-hybridized carbons (Fsp3) is 0.833. The Morgan fingerprint density at radius 2 is 1.03 bits per heavy atom. The van der Waals surface area contributed by atoms with Crippen LogP contribution in [-0.2, 0) is 14.2 Å². The lowest BCUT2D eigenvalue weighted by molar-refractivity contribution is -0.167. The highest BCUT2D eigenvalue weighted by molar-refractivity contribution is 4.83. The molecule has 0 saturated carbocycles. The van der Waals surface area contributed by atoms with Gasteiger partial charge in [0.1, 0.15) is 13.6 Å². The van der Waals surface area contributed by atoms with Crippen molar-refractivity contribution in [3.63, 3.8) is 0 Å². The summed E-state index contributed by atoms with van der Waals surface area (Å²) in [6.07, 6.45) is 20.8. The predicted octanol–water partition coefficient (Wildman–Crippen LogP) is 5.51. The first-order valence-corrected chi connectivity index (χ1v) is 11.6. The van der Waals surface area contributed by atoms with Crippen LogP contribution in [0.25, 0.3) is 0 Å². The predicted molar refractivity (Wildman–Crippen MR) is 120 cm³/mol. The molecule has 0 aliphatic rings. The first-order valence-electron chi connectivity index (χ1n) is 11.6. The second-order valence-electron chi connectivity index (χ2n) is 7.42. The lowest BCUT2D eigenvalue weighted by atomic mass is 10.1. The van der Waals surface area contributed by atoms with Gasteiger partial charge in [-0.3, -0.25) is 0 Å². The average molecular weight is 415 g/mol. The van der Waals surface area contributed by atoms with E-state index in [0.717, 1.165) is 77.0 Å². The molecule has 0 fully saturated rings. The number of aliphatic hydroxyl groups excluding tert-OH is 2. The summed E-state index contributed by atoms with van der Waals surface area (Å²) in [6.45, 7) is 5.34. The van der Waals surface area contributed by atoms with E-state index >= 15 is 0 Å². The van der Waals surface area contributed by atoms with Crippen LogP contribution in [0.5, 0.6) is 0 Å². The summed E-state index contributed by atoms with van der Waals surface area (Å²) in [5.41, 5.74) is 0. The molecule has 2 N–H and O–H groups in total. The van der Waals surface area contributed by atoms with Crippen molar-refractivity contribution in [2.45, 2.75) is 103 Å². The Hall–Kier alpha value is -0.720. The molecule has 0 aliphatic heterocycles. The average Bonchev–Trinajstić information content (AvgIpc) is 2.73. The summed E-state index contributed by atoms with van der Waals surface area (Å²) in [5, 5.41) is 17.6. The molecule has 0 bridgehead atoms. The van der Waals surface area contributed by atoms with E-state index in [1.54, 1.807) is 0 Å². The standard InChI is InChI=1S/C24H46O5/c1-3-5-15-23(17-11-7-9-13-19-25)28-21-27-22-29-24(16-6-4-2)18-12-8-10-14-20-26/h7-10,23-26H,3-6,11-22H2,1-2H3/b9-7+,10-8+. The second-order valence-corrected chi connectivity index (χ2v) is 7.42. The van der Waals surface area contributed by atoms with Crippen molar-refractivity contribution >= 4 is 0 Å². The van der Waals surface area contributed by atoms with Crippen molar-refractivity contribution in [2.24, 2.45) is 0 Å². The minimum Gasteiger partial charge on any atom is -0.396 e. The zero-order valence-electron chi connectivity index (χ0n) is 18.9. The van der Waals surface area contributed by atoms with E-state index in [0.29, 0.717) is 0 Å². The van der Waals surface area contributed by atoms with Gasteiger partial charge in [0.2, 0.25) is 0 Å². The van der Waals surface area contributed by atoms with Crippen molar-refractivity contribution in [1.82, 2.24) is 0 Å². The van der Waals surface area contributed by atoms with Crippen molar-refractivity contribution in [3.05, 3.63) is 24.3 Å². The minimum atomic E-state index is 0.207. The van der Waals surface area contributed by atoms with Crippen LogP contribution in [0.2, 0.25) is 0 Å². The Kier molecular flexibility index (Phi) is 23.0. The van der Waals surface area contributed by atoms with E-state index in [9.17, 15) is 0 Å². The molecule has 29 heavy (non-hydrogen) atoms. The maximum absolute atomic E-state index is 8.81. The zero-order chi connectivity index (χ0) is 21.4. The quantitative estimate of drug-likeness (QED) is 0.139. The lowest BCUT2D eigenvalue weighted by Gasteiger charge is -2.19. The second kappa shape index (κ2) is 23.6. The monoisotopic (exact) mass is 414 g/mol. The van der Waals surface area contributed by atoms with Crippen LogP contribution in [0.4, 0.5) is 0 Å². The molecule has 2 atom stereocenters. The molecule has 5 nitrogen and oxygen atoms in total. The van der Waals surface area contributed by atoms with Gasteiger partial charge in [0.25, 0.3) is 0 Å². The van der Waals surface area contributed by atoms with Gasteiger partial charge in [-0.15, -0.1) is 0 Å². The molecule has 0 saturated heterocycles. The van der Waals surface area contributed by atoms with Crippen molar-refractivity contribution in [2.75, 3.05) is 26.8 Å². The number of rotatable bonds is 22. The van der Waals surface area contributed by atoms with Gasteiger partial charge in [-0.2, -0.15) is 0 Å². The molecule has 0 amide bonds. The summed E-state index contributed by atoms with van der Waals surface area (Å²) in [4.78, 5) is 0. The Morgan fingerprint density at radius 1 is 0.621 bits per heavy atom. The molecule has 0 aliphatic carbocycles. The summed E-state index contributed by atoms with van der Waals surface area (Å²) in [7, 11) is 0. The third-order valence-corrected chi connectivity index (χ3v) is 4.77. The first kappa shape index (κ1) is 28.3. The van der Waals surface area contributed by atoms with E-state index in [1.807, 2.05) is 12.2 Å². The van der Waals surface area contributed by atoms with Crippen LogP contribution in [0.1, 0.15) is 90.9 Å². The molecule has 0 heterocycles. The van der Waals surface area contributed by atoms with Gasteiger partial charge in [0, 0.05) is 13.2 Å². The SMILES string of the molecule is CCCCC(CC/C=C/CCO)OCOCOC(CC/C=C/CCO)CCCC. The summed E-state index contributed by atoms with van der Waals surface area (Å²) < 4.78 is 17.4. The van der Waals surface area contributed by atoms with E-state index in [2.05, 4.69) is 26.0 Å². The normalized spacial score (nSPS) is 14.2. The van der Waals surface area contributed by atoms with Gasteiger partial charge in [-0.25, -0.2) is 0 Å². The number of hydrogen-bond acceptors (Lipinski definition) is 5. The third-order valence-electron chi connectivity index (χ3n) is 4.77. The molecule has 0 radical (unpaired) electrons. The molecule has 5 heteroatoms. The Balaban J connectivity index is 4.06. The van der Waals surface area contributed by atoms with Gasteiger partial charge in [-0.1, -0.05) is 63.8 Å². The number of unbranched alkanes of at least 4 members (excludes halogenated alkanes) is 2. The molecular formula is C24H46O5. The van der Waals surface area contributed by atoms with Gasteiger partial charge < -0.3 is 24.4 Å². The van der Waals surface area contributed by atoms with E-state index in [-0.39, 0.29) is 39.0 Å². The fourth-order valence-electron chi connectivity index (χ4n) is 2.99. The van der Waals surface area contributed by atoms with Crippen LogP contribution >= 0.6 is 0 Å². The Morgan fingerprint density at radius 3 is 1.41 bits per heavy atom. The highest BCUT2D eigenvalue weighted by atomic mass is 16.7. The molecular weight excluding hydrogens is 368 g/mol. The summed E-state index contributed by atoms with van der Waals surface area (Å²) in [5.74, 6) is 0. The number of aliphatic hydroxyl groups is 2.